The monoisotopic (exact) mass is 362 g/mol. The topological polar surface area (TPSA) is 103 Å². The Bertz CT molecular complexity index is 717. The lowest BCUT2D eigenvalue weighted by atomic mass is 10.1. The first-order valence-corrected chi connectivity index (χ1v) is 8.36. The Balaban J connectivity index is 3.07. The van der Waals surface area contributed by atoms with Crippen LogP contribution in [0.15, 0.2) is 46.0 Å². The van der Waals surface area contributed by atoms with Gasteiger partial charge in [0.15, 0.2) is 6.10 Å². The normalized spacial score (nSPS) is 17.7. The maximum absolute atomic E-state index is 11.6. The number of allylic oxidation sites excluding steroid dienone is 2. The van der Waals surface area contributed by atoms with Crippen LogP contribution in [0.1, 0.15) is 0 Å². The van der Waals surface area contributed by atoms with Crippen LogP contribution in [-0.2, 0) is 29.0 Å². The molecule has 126 valence electrons. The lowest BCUT2D eigenvalue weighted by molar-refractivity contribution is -0.140. The molecule has 1 aliphatic carbocycles. The summed E-state index contributed by atoms with van der Waals surface area (Å²) in [5.74, 6) is 1.52. The van der Waals surface area contributed by atoms with Crippen LogP contribution in [0.5, 0.6) is 0 Å². The Morgan fingerprint density at radius 2 is 2.17 bits per heavy atom. The van der Waals surface area contributed by atoms with Gasteiger partial charge in [-0.05, 0) is 18.2 Å². The summed E-state index contributed by atoms with van der Waals surface area (Å²) >= 11 is 5.88. The van der Waals surface area contributed by atoms with Gasteiger partial charge in [0.1, 0.15) is 6.26 Å². The molecule has 0 aromatic carbocycles. The van der Waals surface area contributed by atoms with Gasteiger partial charge in [-0.3, -0.25) is 0 Å². The number of carbonyl (C=O) groups excluding carboxylic acids is 1. The van der Waals surface area contributed by atoms with E-state index < -0.39 is 22.1 Å². The number of hydrogen-bond acceptors (Lipinski definition) is 7. The van der Waals surface area contributed by atoms with Gasteiger partial charge in [-0.1, -0.05) is 11.6 Å². The van der Waals surface area contributed by atoms with E-state index in [2.05, 4.69) is 15.7 Å². The average Bonchev–Trinajstić information content (AvgIpc) is 2.47. The number of carbonyl (C=O) groups is 1. The highest BCUT2D eigenvalue weighted by Crippen LogP contribution is 2.22. The van der Waals surface area contributed by atoms with E-state index in [9.17, 15) is 13.2 Å². The number of sulfonamides is 1. The van der Waals surface area contributed by atoms with Gasteiger partial charge in [-0.25, -0.2) is 13.2 Å². The van der Waals surface area contributed by atoms with Crippen LogP contribution in [0.25, 0.3) is 0 Å². The average molecular weight is 363 g/mol. The fourth-order valence-electron chi connectivity index (χ4n) is 1.40. The minimum atomic E-state index is -3.52. The molecule has 0 aliphatic heterocycles. The number of hydrogen-bond donors (Lipinski definition) is 1. The molecule has 0 amide bonds. The first-order valence-electron chi connectivity index (χ1n) is 6.09. The van der Waals surface area contributed by atoms with Gasteiger partial charge >= 0.3 is 5.97 Å². The minimum absolute atomic E-state index is 0.188. The largest absolute Gasteiger partial charge is 0.500 e. The molecule has 0 saturated carbocycles. The second-order valence-corrected chi connectivity index (χ2v) is 6.34. The van der Waals surface area contributed by atoms with Gasteiger partial charge in [0.25, 0.3) is 0 Å². The van der Waals surface area contributed by atoms with Gasteiger partial charge in [-0.2, -0.15) is 4.83 Å². The van der Waals surface area contributed by atoms with Crippen LogP contribution in [0.3, 0.4) is 0 Å². The summed E-state index contributed by atoms with van der Waals surface area (Å²) in [4.78, 5) is 13.5. The standard InChI is InChI=1S/C13H15ClN2O6S/c1-20-8-12(13(17)21-2)22-11-5-4-10(14)6-9(11)7-15-16-23(3,18)19/h4-6,8,11,16H,1-3H3/b12-8+. The number of ether oxygens (including phenoxy) is 3. The number of rotatable bonds is 6. The fourth-order valence-corrected chi connectivity index (χ4v) is 1.80. The predicted molar refractivity (Wildman–Crippen MR) is 84.0 cm³/mol. The van der Waals surface area contributed by atoms with Crippen molar-refractivity contribution in [1.82, 2.24) is 4.83 Å². The van der Waals surface area contributed by atoms with Gasteiger partial charge in [0, 0.05) is 10.9 Å². The highest BCUT2D eigenvalue weighted by atomic mass is 35.5. The molecule has 1 N–H and O–H groups in total. The molecule has 0 saturated heterocycles. The maximum Gasteiger partial charge on any atom is 0.376 e. The van der Waals surface area contributed by atoms with Crippen LogP contribution in [-0.4, -0.2) is 46.8 Å². The molecule has 0 heterocycles. The molecule has 10 heteroatoms. The van der Waals surface area contributed by atoms with E-state index in [0.717, 1.165) is 12.5 Å². The van der Waals surface area contributed by atoms with Gasteiger partial charge in [0.2, 0.25) is 15.8 Å². The van der Waals surface area contributed by atoms with Crippen LogP contribution in [0, 0.1) is 0 Å². The summed E-state index contributed by atoms with van der Waals surface area (Å²) in [5.41, 5.74) is 0.291. The van der Waals surface area contributed by atoms with Crippen molar-refractivity contribution >= 4 is 33.5 Å². The fraction of sp³-hybridized carbons (Fsp3) is 0.308. The number of esters is 1. The maximum atomic E-state index is 11.6. The van der Waals surface area contributed by atoms with Crippen molar-refractivity contribution in [2.75, 3.05) is 20.5 Å². The van der Waals surface area contributed by atoms with Crippen molar-refractivity contribution in [1.29, 1.82) is 0 Å². The molecule has 1 atom stereocenters. The number of methoxy groups -OCH3 is 2. The molecular weight excluding hydrogens is 348 g/mol. The van der Waals surface area contributed by atoms with Gasteiger partial charge in [-0.15, -0.1) is 5.10 Å². The molecule has 1 rings (SSSR count). The highest BCUT2D eigenvalue weighted by molar-refractivity contribution is 7.88. The first kappa shape index (κ1) is 18.8. The molecule has 8 nitrogen and oxygen atoms in total. The van der Waals surface area contributed by atoms with Crippen LogP contribution in [0.4, 0.5) is 0 Å². The van der Waals surface area contributed by atoms with Crippen molar-refractivity contribution in [3.8, 4) is 0 Å². The summed E-state index contributed by atoms with van der Waals surface area (Å²) in [6, 6.07) is 0. The molecule has 0 aromatic rings. The summed E-state index contributed by atoms with van der Waals surface area (Å²) in [6.45, 7) is 0. The second kappa shape index (κ2) is 8.42. The van der Waals surface area contributed by atoms with Crippen molar-refractivity contribution in [2.24, 2.45) is 5.10 Å². The summed E-state index contributed by atoms with van der Waals surface area (Å²) in [5, 5.41) is 3.82. The number of nitrogens with zero attached hydrogens (tertiary/aromatic N) is 1. The molecule has 0 radical (unpaired) electrons. The van der Waals surface area contributed by atoms with Gasteiger partial charge in [0.05, 0.1) is 26.0 Å². The Kier molecular flexibility index (Phi) is 6.89. The highest BCUT2D eigenvalue weighted by Gasteiger charge is 2.21. The lowest BCUT2D eigenvalue weighted by Gasteiger charge is -2.18. The first-order chi connectivity index (χ1) is 10.8. The quantitative estimate of drug-likeness (QED) is 0.246. The molecule has 0 aromatic heterocycles. The van der Waals surface area contributed by atoms with Gasteiger partial charge < -0.3 is 14.2 Å². The van der Waals surface area contributed by atoms with Crippen LogP contribution >= 0.6 is 11.6 Å². The predicted octanol–water partition coefficient (Wildman–Crippen LogP) is 0.785. The molecule has 0 fully saturated rings. The molecule has 0 bridgehead atoms. The van der Waals surface area contributed by atoms with E-state index >= 15 is 0 Å². The summed E-state index contributed by atoms with van der Waals surface area (Å²) < 4.78 is 36.7. The van der Waals surface area contributed by atoms with Crippen LogP contribution < -0.4 is 4.83 Å². The van der Waals surface area contributed by atoms with Crippen molar-refractivity contribution in [3.05, 3.63) is 40.9 Å². The van der Waals surface area contributed by atoms with Crippen molar-refractivity contribution < 1.29 is 27.4 Å². The zero-order chi connectivity index (χ0) is 17.5. The van der Waals surface area contributed by atoms with E-state index in [1.807, 2.05) is 4.83 Å². The molecule has 23 heavy (non-hydrogen) atoms. The van der Waals surface area contributed by atoms with Crippen molar-refractivity contribution in [3.63, 3.8) is 0 Å². The third-order valence-electron chi connectivity index (χ3n) is 2.29. The third kappa shape index (κ3) is 6.60. The Morgan fingerprint density at radius 3 is 2.74 bits per heavy atom. The molecular formula is C13H15ClN2O6S. The summed E-state index contributed by atoms with van der Waals surface area (Å²) in [6.07, 6.45) is 5.76. The van der Waals surface area contributed by atoms with E-state index in [0.29, 0.717) is 10.6 Å². The SMILES string of the molecule is CO/C=C(/OC1C=CC(Cl)=CC1=C=NNS(C)(=O)=O)C(=O)OC. The number of hydrazone groups is 1. The van der Waals surface area contributed by atoms with Crippen LogP contribution in [0.2, 0.25) is 0 Å². The Morgan fingerprint density at radius 1 is 1.48 bits per heavy atom. The Hall–Kier alpha value is -2.22. The molecule has 1 unspecified atom stereocenters. The van der Waals surface area contributed by atoms with E-state index in [-0.39, 0.29) is 5.76 Å². The zero-order valence-corrected chi connectivity index (χ0v) is 14.1. The second-order valence-electron chi connectivity index (χ2n) is 4.18. The van der Waals surface area contributed by atoms with Crippen molar-refractivity contribution in [2.45, 2.75) is 6.10 Å². The molecule has 0 spiro atoms. The molecule has 1 aliphatic rings. The van der Waals surface area contributed by atoms with E-state index in [4.69, 9.17) is 21.1 Å². The minimum Gasteiger partial charge on any atom is -0.500 e. The zero-order valence-electron chi connectivity index (χ0n) is 12.6. The number of halogens is 1. The Labute approximate surface area is 138 Å². The van der Waals surface area contributed by atoms with E-state index in [1.165, 1.54) is 26.4 Å². The third-order valence-corrected chi connectivity index (χ3v) is 2.95. The van der Waals surface area contributed by atoms with E-state index in [1.54, 1.807) is 6.08 Å². The lowest BCUT2D eigenvalue weighted by Crippen LogP contribution is -2.20. The number of nitrogens with one attached hydrogen (secondary N) is 1. The summed E-state index contributed by atoms with van der Waals surface area (Å²) in [7, 11) is -0.983. The smallest absolute Gasteiger partial charge is 0.376 e.